The van der Waals surface area contributed by atoms with Gasteiger partial charge in [0.15, 0.2) is 5.76 Å². The molecule has 0 bridgehead atoms. The van der Waals surface area contributed by atoms with Gasteiger partial charge in [0.25, 0.3) is 0 Å². The van der Waals surface area contributed by atoms with Crippen molar-refractivity contribution in [3.05, 3.63) is 58.4 Å². The highest BCUT2D eigenvalue weighted by Crippen LogP contribution is 2.44. The summed E-state index contributed by atoms with van der Waals surface area (Å²) >= 11 is 0. The number of rotatable bonds is 2. The highest BCUT2D eigenvalue weighted by molar-refractivity contribution is 6.12. The molecule has 1 atom stereocenters. The monoisotopic (exact) mass is 296 g/mol. The Balaban J connectivity index is 2.06. The van der Waals surface area contributed by atoms with E-state index in [0.29, 0.717) is 5.92 Å². The first-order valence-electron chi connectivity index (χ1n) is 8.31. The number of carbonyl (C=O) groups is 1. The Morgan fingerprint density at radius 3 is 2.36 bits per heavy atom. The quantitative estimate of drug-likeness (QED) is 0.773. The van der Waals surface area contributed by atoms with Crippen molar-refractivity contribution in [3.8, 4) is 0 Å². The van der Waals surface area contributed by atoms with Gasteiger partial charge >= 0.3 is 0 Å². The lowest BCUT2D eigenvalue weighted by Gasteiger charge is -2.26. The molecular weight excluding hydrogens is 272 g/mol. The largest absolute Gasteiger partial charge is 0.504 e. The van der Waals surface area contributed by atoms with Crippen molar-refractivity contribution in [3.63, 3.8) is 0 Å². The molecule has 0 heterocycles. The van der Waals surface area contributed by atoms with Crippen molar-refractivity contribution in [2.75, 3.05) is 0 Å². The Morgan fingerprint density at radius 1 is 1.09 bits per heavy atom. The topological polar surface area (TPSA) is 37.3 Å². The number of hydrogen-bond acceptors (Lipinski definition) is 2. The lowest BCUT2D eigenvalue weighted by Crippen LogP contribution is -2.15. The number of ketones is 1. The molecule has 0 aromatic heterocycles. The summed E-state index contributed by atoms with van der Waals surface area (Å²) in [5.74, 6) is 0.224. The predicted molar refractivity (Wildman–Crippen MR) is 88.8 cm³/mol. The van der Waals surface area contributed by atoms with Gasteiger partial charge in [0, 0.05) is 11.5 Å². The maximum atomic E-state index is 12.6. The molecule has 0 aliphatic heterocycles. The van der Waals surface area contributed by atoms with E-state index in [0.717, 1.165) is 16.7 Å². The van der Waals surface area contributed by atoms with Crippen LogP contribution in [0.3, 0.4) is 0 Å². The predicted octanol–water partition coefficient (Wildman–Crippen LogP) is 5.08. The van der Waals surface area contributed by atoms with Gasteiger partial charge in [-0.1, -0.05) is 55.2 Å². The highest BCUT2D eigenvalue weighted by atomic mass is 16.3. The standard InChI is InChI=1S/C20H24O2/c1-13(15-9-5-3-6-10-15)18-17(14(2)19(21)20(18)22)16-11-7-4-8-12-16/h4,7-8,11-12,15,17,21H,3,5-6,9-10H2,1-2H3/b18-13-. The van der Waals surface area contributed by atoms with Gasteiger partial charge in [-0.2, -0.15) is 0 Å². The number of aliphatic hydroxyl groups is 1. The van der Waals surface area contributed by atoms with E-state index in [1.165, 1.54) is 37.7 Å². The first-order valence-corrected chi connectivity index (χ1v) is 8.31. The minimum absolute atomic E-state index is 0.0426. The van der Waals surface area contributed by atoms with Crippen LogP contribution in [0.15, 0.2) is 52.8 Å². The zero-order chi connectivity index (χ0) is 15.7. The third-order valence-electron chi connectivity index (χ3n) is 5.33. The van der Waals surface area contributed by atoms with Gasteiger partial charge in [0.2, 0.25) is 5.78 Å². The van der Waals surface area contributed by atoms with Crippen LogP contribution in [0.5, 0.6) is 0 Å². The van der Waals surface area contributed by atoms with Crippen molar-refractivity contribution in [1.29, 1.82) is 0 Å². The Kier molecular flexibility index (Phi) is 4.19. The molecule has 2 aliphatic rings. The molecule has 0 saturated heterocycles. The van der Waals surface area contributed by atoms with Crippen molar-refractivity contribution >= 4 is 5.78 Å². The Morgan fingerprint density at radius 2 is 1.73 bits per heavy atom. The van der Waals surface area contributed by atoms with E-state index in [-0.39, 0.29) is 17.5 Å². The van der Waals surface area contributed by atoms with Crippen molar-refractivity contribution in [2.24, 2.45) is 5.92 Å². The van der Waals surface area contributed by atoms with Gasteiger partial charge in [-0.05, 0) is 43.7 Å². The third-order valence-corrected chi connectivity index (χ3v) is 5.33. The summed E-state index contributed by atoms with van der Waals surface area (Å²) in [5, 5.41) is 10.2. The van der Waals surface area contributed by atoms with E-state index in [1.54, 1.807) is 0 Å². The van der Waals surface area contributed by atoms with E-state index in [1.807, 2.05) is 37.3 Å². The van der Waals surface area contributed by atoms with E-state index < -0.39 is 0 Å². The lowest BCUT2D eigenvalue weighted by molar-refractivity contribution is -0.114. The Labute approximate surface area is 132 Å². The number of hydrogen-bond donors (Lipinski definition) is 1. The first kappa shape index (κ1) is 15.1. The SMILES string of the molecule is CC1=C(O)C(=O)/C(=C(/C)C2CCCCC2)C1c1ccccc1. The molecule has 1 unspecified atom stereocenters. The molecule has 2 heteroatoms. The molecule has 22 heavy (non-hydrogen) atoms. The minimum Gasteiger partial charge on any atom is -0.504 e. The molecule has 0 spiro atoms. The summed E-state index contributed by atoms with van der Waals surface area (Å²) in [6.45, 7) is 3.98. The number of allylic oxidation sites excluding steroid dienone is 3. The van der Waals surface area contributed by atoms with Crippen molar-refractivity contribution < 1.29 is 9.90 Å². The second-order valence-corrected chi connectivity index (χ2v) is 6.64. The molecule has 2 aliphatic carbocycles. The van der Waals surface area contributed by atoms with Crippen LogP contribution in [0.25, 0.3) is 0 Å². The minimum atomic E-state index is -0.158. The van der Waals surface area contributed by atoms with E-state index in [4.69, 9.17) is 0 Å². The summed E-state index contributed by atoms with van der Waals surface area (Å²) in [7, 11) is 0. The smallest absolute Gasteiger partial charge is 0.224 e. The summed E-state index contributed by atoms with van der Waals surface area (Å²) in [6.07, 6.45) is 6.14. The molecule has 116 valence electrons. The van der Waals surface area contributed by atoms with E-state index in [2.05, 4.69) is 6.92 Å². The fraction of sp³-hybridized carbons (Fsp3) is 0.450. The molecule has 0 radical (unpaired) electrons. The van der Waals surface area contributed by atoms with Crippen LogP contribution < -0.4 is 0 Å². The van der Waals surface area contributed by atoms with Crippen LogP contribution >= 0.6 is 0 Å². The van der Waals surface area contributed by atoms with E-state index >= 15 is 0 Å². The molecule has 1 aromatic carbocycles. The Hall–Kier alpha value is -1.83. The first-order chi connectivity index (χ1) is 10.6. The fourth-order valence-corrected chi connectivity index (χ4v) is 4.02. The van der Waals surface area contributed by atoms with Crippen LogP contribution in [0.1, 0.15) is 57.4 Å². The summed E-state index contributed by atoms with van der Waals surface area (Å²) in [4.78, 5) is 12.6. The van der Waals surface area contributed by atoms with Crippen molar-refractivity contribution in [1.82, 2.24) is 0 Å². The van der Waals surface area contributed by atoms with Gasteiger partial charge in [0.05, 0.1) is 0 Å². The maximum absolute atomic E-state index is 12.6. The Bertz CT molecular complexity index is 631. The van der Waals surface area contributed by atoms with Crippen LogP contribution in [-0.2, 0) is 4.79 Å². The maximum Gasteiger partial charge on any atom is 0.224 e. The average molecular weight is 296 g/mol. The van der Waals surface area contributed by atoms with Crippen LogP contribution in [0, 0.1) is 5.92 Å². The van der Waals surface area contributed by atoms with Crippen LogP contribution in [-0.4, -0.2) is 10.9 Å². The second kappa shape index (κ2) is 6.12. The zero-order valence-corrected chi connectivity index (χ0v) is 13.4. The molecule has 1 N–H and O–H groups in total. The van der Waals surface area contributed by atoms with Crippen LogP contribution in [0.4, 0.5) is 0 Å². The molecule has 1 fully saturated rings. The fourth-order valence-electron chi connectivity index (χ4n) is 4.02. The molecule has 1 aromatic rings. The highest BCUT2D eigenvalue weighted by Gasteiger charge is 2.38. The summed E-state index contributed by atoms with van der Waals surface area (Å²) in [5.41, 5.74) is 3.92. The second-order valence-electron chi connectivity index (χ2n) is 6.64. The number of benzene rings is 1. The average Bonchev–Trinajstić information content (AvgIpc) is 2.80. The van der Waals surface area contributed by atoms with E-state index in [9.17, 15) is 9.90 Å². The van der Waals surface area contributed by atoms with Crippen LogP contribution in [0.2, 0.25) is 0 Å². The lowest BCUT2D eigenvalue weighted by atomic mass is 9.78. The summed E-state index contributed by atoms with van der Waals surface area (Å²) in [6, 6.07) is 10.1. The van der Waals surface area contributed by atoms with Gasteiger partial charge in [-0.3, -0.25) is 4.79 Å². The van der Waals surface area contributed by atoms with Gasteiger partial charge < -0.3 is 5.11 Å². The summed E-state index contributed by atoms with van der Waals surface area (Å²) < 4.78 is 0. The van der Waals surface area contributed by atoms with Gasteiger partial charge in [-0.25, -0.2) is 0 Å². The molecule has 3 rings (SSSR count). The van der Waals surface area contributed by atoms with Gasteiger partial charge in [-0.15, -0.1) is 0 Å². The molecule has 2 nitrogen and oxygen atoms in total. The number of aliphatic hydroxyl groups excluding tert-OH is 1. The molecule has 0 amide bonds. The van der Waals surface area contributed by atoms with Crippen molar-refractivity contribution in [2.45, 2.75) is 51.9 Å². The zero-order valence-electron chi connectivity index (χ0n) is 13.4. The molecular formula is C20H24O2. The normalized spacial score (nSPS) is 25.7. The molecule has 1 saturated carbocycles. The number of carbonyl (C=O) groups excluding carboxylic acids is 1. The third kappa shape index (κ3) is 2.51. The van der Waals surface area contributed by atoms with Gasteiger partial charge in [0.1, 0.15) is 0 Å². The number of Topliss-reactive ketones (excluding diaryl/α,β-unsaturated/α-hetero) is 1.